The zero-order valence-corrected chi connectivity index (χ0v) is 12.7. The topological polar surface area (TPSA) is 41.9 Å². The van der Waals surface area contributed by atoms with Crippen LogP contribution in [0.15, 0.2) is 59.7 Å². The number of hydrogen-bond donors (Lipinski definition) is 0. The molecule has 0 aromatic heterocycles. The summed E-state index contributed by atoms with van der Waals surface area (Å²) < 4.78 is 5.16. The Morgan fingerprint density at radius 2 is 1.77 bits per heavy atom. The summed E-state index contributed by atoms with van der Waals surface area (Å²) >= 11 is 0. The van der Waals surface area contributed by atoms with Gasteiger partial charge in [0.1, 0.15) is 5.75 Å². The van der Waals surface area contributed by atoms with Gasteiger partial charge in [-0.2, -0.15) is 5.10 Å². The average Bonchev–Trinajstić information content (AvgIpc) is 2.84. The first-order chi connectivity index (χ1) is 10.7. The van der Waals surface area contributed by atoms with Crippen molar-refractivity contribution >= 4 is 17.3 Å². The maximum Gasteiger partial charge on any atom is 0.256 e. The second kappa shape index (κ2) is 6.02. The number of methoxy groups -OCH3 is 1. The minimum absolute atomic E-state index is 0.0273. The summed E-state index contributed by atoms with van der Waals surface area (Å²) in [7, 11) is 1.64. The summed E-state index contributed by atoms with van der Waals surface area (Å²) in [5.41, 5.74) is 2.76. The van der Waals surface area contributed by atoms with Crippen LogP contribution in [-0.4, -0.2) is 18.7 Å². The lowest BCUT2D eigenvalue weighted by Gasteiger charge is -2.14. The molecule has 4 nitrogen and oxygen atoms in total. The lowest BCUT2D eigenvalue weighted by molar-refractivity contribution is -0.119. The lowest BCUT2D eigenvalue weighted by Crippen LogP contribution is -2.28. The van der Waals surface area contributed by atoms with Crippen molar-refractivity contribution in [1.29, 1.82) is 0 Å². The van der Waals surface area contributed by atoms with Crippen LogP contribution in [-0.2, 0) is 11.2 Å². The van der Waals surface area contributed by atoms with Crippen LogP contribution < -0.4 is 9.75 Å². The van der Waals surface area contributed by atoms with Gasteiger partial charge in [-0.3, -0.25) is 4.79 Å². The number of amides is 1. The summed E-state index contributed by atoms with van der Waals surface area (Å²) in [6.07, 6.45) is 0.654. The van der Waals surface area contributed by atoms with Gasteiger partial charge in [0.2, 0.25) is 0 Å². The van der Waals surface area contributed by atoms with E-state index in [0.717, 1.165) is 22.7 Å². The molecule has 1 unspecified atom stereocenters. The molecule has 0 saturated carbocycles. The molecule has 0 radical (unpaired) electrons. The Labute approximate surface area is 130 Å². The van der Waals surface area contributed by atoms with Crippen LogP contribution in [0.25, 0.3) is 0 Å². The zero-order valence-electron chi connectivity index (χ0n) is 12.7. The standard InChI is InChI=1S/C18H18N2O2/c1-13-17(12-14-8-10-16(22-2)11-9-14)18(21)20(19-13)15-6-4-3-5-7-15/h3-11,17H,12H2,1-2H3. The fourth-order valence-electron chi connectivity index (χ4n) is 2.59. The van der Waals surface area contributed by atoms with Gasteiger partial charge in [0.15, 0.2) is 0 Å². The van der Waals surface area contributed by atoms with Crippen molar-refractivity contribution in [2.45, 2.75) is 13.3 Å². The van der Waals surface area contributed by atoms with E-state index in [4.69, 9.17) is 4.74 Å². The van der Waals surface area contributed by atoms with E-state index in [2.05, 4.69) is 5.10 Å². The highest BCUT2D eigenvalue weighted by molar-refractivity contribution is 6.14. The van der Waals surface area contributed by atoms with Gasteiger partial charge in [-0.15, -0.1) is 0 Å². The molecule has 2 aromatic carbocycles. The molecule has 1 amide bonds. The monoisotopic (exact) mass is 294 g/mol. The molecule has 0 bridgehead atoms. The predicted octanol–water partition coefficient (Wildman–Crippen LogP) is 3.28. The van der Waals surface area contributed by atoms with Crippen LogP contribution >= 0.6 is 0 Å². The highest BCUT2D eigenvalue weighted by Crippen LogP contribution is 2.26. The molecule has 0 N–H and O–H groups in total. The third-order valence-corrected chi connectivity index (χ3v) is 3.87. The molecule has 3 rings (SSSR count). The molecule has 1 atom stereocenters. The first kappa shape index (κ1) is 14.3. The van der Waals surface area contributed by atoms with Gasteiger partial charge in [0.05, 0.1) is 18.7 Å². The first-order valence-electron chi connectivity index (χ1n) is 7.26. The zero-order chi connectivity index (χ0) is 15.5. The Morgan fingerprint density at radius 1 is 1.09 bits per heavy atom. The van der Waals surface area contributed by atoms with Gasteiger partial charge < -0.3 is 4.74 Å². The number of carbonyl (C=O) groups is 1. The number of anilines is 1. The van der Waals surface area contributed by atoms with Crippen LogP contribution in [0.5, 0.6) is 5.75 Å². The second-order valence-electron chi connectivity index (χ2n) is 5.33. The summed E-state index contributed by atoms with van der Waals surface area (Å²) in [6.45, 7) is 1.91. The van der Waals surface area contributed by atoms with Crippen LogP contribution in [0.4, 0.5) is 5.69 Å². The first-order valence-corrected chi connectivity index (χ1v) is 7.26. The number of hydrogen-bond acceptors (Lipinski definition) is 3. The van der Waals surface area contributed by atoms with Gasteiger partial charge in [-0.1, -0.05) is 30.3 Å². The Bertz CT molecular complexity index is 693. The highest BCUT2D eigenvalue weighted by atomic mass is 16.5. The minimum atomic E-state index is -0.200. The second-order valence-corrected chi connectivity index (χ2v) is 5.33. The van der Waals surface area contributed by atoms with E-state index in [1.165, 1.54) is 5.01 Å². The van der Waals surface area contributed by atoms with Crippen molar-refractivity contribution in [3.05, 3.63) is 60.2 Å². The number of hydrazone groups is 1. The van der Waals surface area contributed by atoms with Crippen LogP contribution in [0, 0.1) is 5.92 Å². The number of para-hydroxylation sites is 1. The molecule has 0 saturated heterocycles. The maximum atomic E-state index is 12.6. The summed E-state index contributed by atoms with van der Waals surface area (Å²) in [5.74, 6) is 0.644. The molecule has 4 heteroatoms. The van der Waals surface area contributed by atoms with Crippen LogP contribution in [0.3, 0.4) is 0 Å². The van der Waals surface area contributed by atoms with Crippen LogP contribution in [0.1, 0.15) is 12.5 Å². The van der Waals surface area contributed by atoms with Crippen molar-refractivity contribution in [2.75, 3.05) is 12.1 Å². The average molecular weight is 294 g/mol. The molecule has 1 aliphatic rings. The number of nitrogens with zero attached hydrogens (tertiary/aromatic N) is 2. The quantitative estimate of drug-likeness (QED) is 0.868. The Morgan fingerprint density at radius 3 is 2.41 bits per heavy atom. The Kier molecular flexibility index (Phi) is 3.92. The van der Waals surface area contributed by atoms with Crippen molar-refractivity contribution in [3.63, 3.8) is 0 Å². The number of benzene rings is 2. The number of carbonyl (C=O) groups excluding carboxylic acids is 1. The van der Waals surface area contributed by atoms with E-state index in [1.54, 1.807) is 7.11 Å². The molecule has 0 spiro atoms. The molecular formula is C18H18N2O2. The third kappa shape index (κ3) is 2.72. The Balaban J connectivity index is 1.78. The molecule has 1 heterocycles. The van der Waals surface area contributed by atoms with Gasteiger partial charge in [0, 0.05) is 5.71 Å². The van der Waals surface area contributed by atoms with E-state index in [-0.39, 0.29) is 11.8 Å². The van der Waals surface area contributed by atoms with E-state index in [0.29, 0.717) is 6.42 Å². The van der Waals surface area contributed by atoms with E-state index < -0.39 is 0 Å². The smallest absolute Gasteiger partial charge is 0.256 e. The molecule has 22 heavy (non-hydrogen) atoms. The third-order valence-electron chi connectivity index (χ3n) is 3.87. The number of ether oxygens (including phenoxy) is 1. The molecular weight excluding hydrogens is 276 g/mol. The maximum absolute atomic E-state index is 12.6. The SMILES string of the molecule is COc1ccc(CC2C(=O)N(c3ccccc3)N=C2C)cc1. The highest BCUT2D eigenvalue weighted by Gasteiger charge is 2.34. The van der Waals surface area contributed by atoms with Crippen molar-refractivity contribution in [3.8, 4) is 5.75 Å². The van der Waals surface area contributed by atoms with Crippen molar-refractivity contribution in [2.24, 2.45) is 11.0 Å². The van der Waals surface area contributed by atoms with E-state index in [9.17, 15) is 4.79 Å². The van der Waals surface area contributed by atoms with Gasteiger partial charge in [-0.25, -0.2) is 5.01 Å². The fraction of sp³-hybridized carbons (Fsp3) is 0.222. The number of rotatable bonds is 4. The Hall–Kier alpha value is -2.62. The minimum Gasteiger partial charge on any atom is -0.497 e. The largest absolute Gasteiger partial charge is 0.497 e. The van der Waals surface area contributed by atoms with Crippen molar-refractivity contribution < 1.29 is 9.53 Å². The molecule has 0 aliphatic carbocycles. The summed E-state index contributed by atoms with van der Waals surface area (Å²) in [4.78, 5) is 12.6. The fourth-order valence-corrected chi connectivity index (χ4v) is 2.59. The molecule has 1 aliphatic heterocycles. The van der Waals surface area contributed by atoms with Gasteiger partial charge in [0.25, 0.3) is 5.91 Å². The normalized spacial score (nSPS) is 17.5. The summed E-state index contributed by atoms with van der Waals surface area (Å²) in [5, 5.41) is 5.93. The van der Waals surface area contributed by atoms with Crippen LogP contribution in [0.2, 0.25) is 0 Å². The van der Waals surface area contributed by atoms with E-state index in [1.807, 2.05) is 61.5 Å². The summed E-state index contributed by atoms with van der Waals surface area (Å²) in [6, 6.07) is 17.3. The molecule has 112 valence electrons. The van der Waals surface area contributed by atoms with E-state index >= 15 is 0 Å². The molecule has 2 aromatic rings. The van der Waals surface area contributed by atoms with Gasteiger partial charge >= 0.3 is 0 Å². The predicted molar refractivity (Wildman–Crippen MR) is 87.2 cm³/mol. The van der Waals surface area contributed by atoms with Crippen molar-refractivity contribution in [1.82, 2.24) is 0 Å². The lowest BCUT2D eigenvalue weighted by atomic mass is 9.95. The molecule has 0 fully saturated rings. The van der Waals surface area contributed by atoms with Gasteiger partial charge in [-0.05, 0) is 43.2 Å².